The first-order chi connectivity index (χ1) is 8.72. The number of halogens is 2. The van der Waals surface area contributed by atoms with Crippen molar-refractivity contribution in [3.8, 4) is 0 Å². The van der Waals surface area contributed by atoms with Crippen LogP contribution in [0.3, 0.4) is 0 Å². The Bertz CT molecular complexity index is 391. The molecule has 1 heterocycles. The van der Waals surface area contributed by atoms with Gasteiger partial charge in [-0.15, -0.1) is 0 Å². The Balaban J connectivity index is 2.07. The minimum atomic E-state index is -0.324. The van der Waals surface area contributed by atoms with Gasteiger partial charge in [0.15, 0.2) is 0 Å². The molecular weight excluding hydrogens is 251 g/mol. The Hall–Kier alpha value is -0.640. The van der Waals surface area contributed by atoms with Gasteiger partial charge in [-0.05, 0) is 44.1 Å². The highest BCUT2D eigenvalue weighted by molar-refractivity contribution is 6.31. The lowest BCUT2D eigenvalue weighted by molar-refractivity contribution is 0.162. The third-order valence-electron chi connectivity index (χ3n) is 3.64. The Morgan fingerprint density at radius 2 is 2.11 bits per heavy atom. The molecule has 0 unspecified atom stereocenters. The molecule has 0 radical (unpaired) electrons. The summed E-state index contributed by atoms with van der Waals surface area (Å²) < 4.78 is 13.4. The first kappa shape index (κ1) is 13.8. The van der Waals surface area contributed by atoms with Gasteiger partial charge in [0.2, 0.25) is 0 Å². The minimum Gasteiger partial charge on any atom is -0.317 e. The predicted molar refractivity (Wildman–Crippen MR) is 73.4 cm³/mol. The van der Waals surface area contributed by atoms with Crippen molar-refractivity contribution in [2.24, 2.45) is 0 Å². The second kappa shape index (κ2) is 6.50. The standard InChI is InChI=1S/C14H20ClFN2/c1-2-18(12-6-8-17-9-7-12)10-11-4-3-5-13(16)14(11)15/h3-5,12,17H,2,6-10H2,1H3. The Morgan fingerprint density at radius 1 is 1.39 bits per heavy atom. The van der Waals surface area contributed by atoms with Gasteiger partial charge in [0.05, 0.1) is 5.02 Å². The Kier molecular flexibility index (Phi) is 4.98. The fourth-order valence-corrected chi connectivity index (χ4v) is 2.75. The molecule has 0 spiro atoms. The number of nitrogens with one attached hydrogen (secondary N) is 1. The van der Waals surface area contributed by atoms with Crippen LogP contribution in [0.1, 0.15) is 25.3 Å². The van der Waals surface area contributed by atoms with Crippen molar-refractivity contribution in [3.05, 3.63) is 34.6 Å². The molecule has 2 nitrogen and oxygen atoms in total. The van der Waals surface area contributed by atoms with E-state index in [0.29, 0.717) is 6.04 Å². The van der Waals surface area contributed by atoms with E-state index in [4.69, 9.17) is 11.6 Å². The van der Waals surface area contributed by atoms with E-state index in [2.05, 4.69) is 17.1 Å². The van der Waals surface area contributed by atoms with E-state index in [1.807, 2.05) is 6.07 Å². The van der Waals surface area contributed by atoms with Gasteiger partial charge >= 0.3 is 0 Å². The highest BCUT2D eigenvalue weighted by atomic mass is 35.5. The van der Waals surface area contributed by atoms with Crippen LogP contribution in [-0.4, -0.2) is 30.6 Å². The molecule has 1 N–H and O–H groups in total. The molecule has 1 saturated heterocycles. The van der Waals surface area contributed by atoms with Crippen LogP contribution in [0.2, 0.25) is 5.02 Å². The molecular formula is C14H20ClFN2. The Morgan fingerprint density at radius 3 is 2.78 bits per heavy atom. The maximum absolute atomic E-state index is 13.4. The number of piperidine rings is 1. The average Bonchev–Trinajstić information content (AvgIpc) is 2.41. The highest BCUT2D eigenvalue weighted by Gasteiger charge is 2.20. The number of hydrogen-bond donors (Lipinski definition) is 1. The summed E-state index contributed by atoms with van der Waals surface area (Å²) in [7, 11) is 0. The molecule has 100 valence electrons. The van der Waals surface area contributed by atoms with Gasteiger partial charge in [-0.2, -0.15) is 0 Å². The zero-order chi connectivity index (χ0) is 13.0. The van der Waals surface area contributed by atoms with Crippen molar-refractivity contribution in [1.82, 2.24) is 10.2 Å². The smallest absolute Gasteiger partial charge is 0.142 e. The van der Waals surface area contributed by atoms with Gasteiger partial charge in [0.25, 0.3) is 0 Å². The van der Waals surface area contributed by atoms with E-state index in [1.54, 1.807) is 6.07 Å². The number of hydrogen-bond acceptors (Lipinski definition) is 2. The zero-order valence-corrected chi connectivity index (χ0v) is 11.5. The number of nitrogens with zero attached hydrogens (tertiary/aromatic N) is 1. The van der Waals surface area contributed by atoms with Crippen LogP contribution in [0.15, 0.2) is 18.2 Å². The number of rotatable bonds is 4. The van der Waals surface area contributed by atoms with E-state index in [0.717, 1.165) is 44.6 Å². The second-order valence-corrected chi connectivity index (χ2v) is 5.14. The van der Waals surface area contributed by atoms with Crippen molar-refractivity contribution in [2.45, 2.75) is 32.4 Å². The van der Waals surface area contributed by atoms with Crippen molar-refractivity contribution < 1.29 is 4.39 Å². The average molecular weight is 271 g/mol. The van der Waals surface area contributed by atoms with E-state index in [1.165, 1.54) is 6.07 Å². The molecule has 18 heavy (non-hydrogen) atoms. The molecule has 0 atom stereocenters. The van der Waals surface area contributed by atoms with Crippen LogP contribution in [0.4, 0.5) is 4.39 Å². The molecule has 1 aromatic rings. The fourth-order valence-electron chi connectivity index (χ4n) is 2.56. The SMILES string of the molecule is CCN(Cc1cccc(F)c1Cl)C1CCNCC1. The molecule has 0 aromatic heterocycles. The van der Waals surface area contributed by atoms with Gasteiger partial charge < -0.3 is 5.32 Å². The van der Waals surface area contributed by atoms with Crippen LogP contribution in [-0.2, 0) is 6.54 Å². The first-order valence-corrected chi connectivity index (χ1v) is 6.97. The van der Waals surface area contributed by atoms with E-state index >= 15 is 0 Å². The van der Waals surface area contributed by atoms with Gasteiger partial charge in [-0.25, -0.2) is 4.39 Å². The minimum absolute atomic E-state index is 0.268. The van der Waals surface area contributed by atoms with Crippen LogP contribution in [0, 0.1) is 5.82 Å². The van der Waals surface area contributed by atoms with Crippen LogP contribution in [0.25, 0.3) is 0 Å². The molecule has 2 rings (SSSR count). The summed E-state index contributed by atoms with van der Waals surface area (Å²) in [6.45, 7) is 5.99. The van der Waals surface area contributed by atoms with Crippen LogP contribution in [0.5, 0.6) is 0 Å². The molecule has 0 saturated carbocycles. The predicted octanol–water partition coefficient (Wildman–Crippen LogP) is 3.05. The van der Waals surface area contributed by atoms with Crippen molar-refractivity contribution in [2.75, 3.05) is 19.6 Å². The van der Waals surface area contributed by atoms with Crippen molar-refractivity contribution in [3.63, 3.8) is 0 Å². The van der Waals surface area contributed by atoms with Gasteiger partial charge in [0.1, 0.15) is 5.82 Å². The summed E-state index contributed by atoms with van der Waals surface area (Å²) in [4.78, 5) is 2.39. The maximum Gasteiger partial charge on any atom is 0.142 e. The lowest BCUT2D eigenvalue weighted by Gasteiger charge is -2.34. The molecule has 1 aromatic carbocycles. The summed E-state index contributed by atoms with van der Waals surface area (Å²) in [5, 5.41) is 3.63. The number of benzene rings is 1. The fraction of sp³-hybridized carbons (Fsp3) is 0.571. The summed E-state index contributed by atoms with van der Waals surface area (Å²) in [5.74, 6) is -0.324. The third-order valence-corrected chi connectivity index (χ3v) is 4.06. The van der Waals surface area contributed by atoms with Gasteiger partial charge in [0, 0.05) is 12.6 Å². The summed E-state index contributed by atoms with van der Waals surface area (Å²) in [5.41, 5.74) is 0.886. The summed E-state index contributed by atoms with van der Waals surface area (Å²) in [6.07, 6.45) is 2.31. The largest absolute Gasteiger partial charge is 0.317 e. The second-order valence-electron chi connectivity index (χ2n) is 4.76. The molecule has 1 fully saturated rings. The highest BCUT2D eigenvalue weighted by Crippen LogP contribution is 2.23. The molecule has 0 amide bonds. The Labute approximate surface area is 113 Å². The molecule has 0 bridgehead atoms. The van der Waals surface area contributed by atoms with Crippen molar-refractivity contribution in [1.29, 1.82) is 0 Å². The third kappa shape index (κ3) is 3.22. The van der Waals surface area contributed by atoms with Crippen molar-refractivity contribution >= 4 is 11.6 Å². The summed E-state index contributed by atoms with van der Waals surface area (Å²) in [6, 6.07) is 5.63. The lowest BCUT2D eigenvalue weighted by Crippen LogP contribution is -2.42. The molecule has 1 aliphatic heterocycles. The van der Waals surface area contributed by atoms with Gasteiger partial charge in [-0.1, -0.05) is 30.7 Å². The molecule has 4 heteroatoms. The lowest BCUT2D eigenvalue weighted by atomic mass is 10.0. The maximum atomic E-state index is 13.4. The quantitative estimate of drug-likeness (QED) is 0.905. The van der Waals surface area contributed by atoms with E-state index < -0.39 is 0 Å². The molecule has 1 aliphatic rings. The summed E-state index contributed by atoms with van der Waals surface area (Å²) >= 11 is 6.02. The first-order valence-electron chi connectivity index (χ1n) is 6.60. The van der Waals surface area contributed by atoms with E-state index in [-0.39, 0.29) is 10.8 Å². The van der Waals surface area contributed by atoms with Gasteiger partial charge in [-0.3, -0.25) is 4.90 Å². The van der Waals surface area contributed by atoms with E-state index in [9.17, 15) is 4.39 Å². The normalized spacial score (nSPS) is 17.3. The zero-order valence-electron chi connectivity index (χ0n) is 10.8. The topological polar surface area (TPSA) is 15.3 Å². The van der Waals surface area contributed by atoms with Crippen LogP contribution < -0.4 is 5.32 Å². The van der Waals surface area contributed by atoms with Crippen LogP contribution >= 0.6 is 11.6 Å². The molecule has 0 aliphatic carbocycles. The monoisotopic (exact) mass is 270 g/mol.